The summed E-state index contributed by atoms with van der Waals surface area (Å²) >= 11 is 0. The van der Waals surface area contributed by atoms with Gasteiger partial charge in [-0.25, -0.2) is 4.79 Å². The van der Waals surface area contributed by atoms with Crippen molar-refractivity contribution in [3.8, 4) is 5.75 Å². The van der Waals surface area contributed by atoms with Crippen molar-refractivity contribution in [2.24, 2.45) is 0 Å². The molecule has 5 nitrogen and oxygen atoms in total. The van der Waals surface area contributed by atoms with Gasteiger partial charge in [0.25, 0.3) is 0 Å². The maximum atomic E-state index is 11.3. The summed E-state index contributed by atoms with van der Waals surface area (Å²) in [6.45, 7) is 1.15. The number of benzene rings is 1. The average Bonchev–Trinajstić information content (AvgIpc) is 3.07. The van der Waals surface area contributed by atoms with Gasteiger partial charge in [-0.1, -0.05) is 46.6 Å². The number of para-hydroxylation sites is 2. The Morgan fingerprint density at radius 2 is 2.12 bits per heavy atom. The van der Waals surface area contributed by atoms with E-state index in [1.807, 2.05) is 21.6 Å². The summed E-state index contributed by atoms with van der Waals surface area (Å²) in [5.74, 6) is 0.422. The molecule has 24 heavy (non-hydrogen) atoms. The molecule has 4 N–H and O–H groups in total. The van der Waals surface area contributed by atoms with Crippen LogP contribution in [0.1, 0.15) is 32.1 Å². The highest BCUT2D eigenvalue weighted by Gasteiger charge is 2.18. The quantitative estimate of drug-likeness (QED) is 0.269. The van der Waals surface area contributed by atoms with Crippen LogP contribution < -0.4 is 10.6 Å². The van der Waals surface area contributed by atoms with E-state index >= 15 is 0 Å². The number of anilines is 1. The van der Waals surface area contributed by atoms with Gasteiger partial charge >= 0.3 is 5.97 Å². The van der Waals surface area contributed by atoms with Gasteiger partial charge in [0.1, 0.15) is 11.8 Å². The van der Waals surface area contributed by atoms with Crippen molar-refractivity contribution >= 4 is 33.2 Å². The zero-order valence-corrected chi connectivity index (χ0v) is 15.4. The monoisotopic (exact) mass is 370 g/mol. The number of carboxylic acids is 1. The first-order valence-corrected chi connectivity index (χ1v) is 10.8. The minimum absolute atomic E-state index is 0.0618. The third-order valence-corrected chi connectivity index (χ3v) is 6.99. The van der Waals surface area contributed by atoms with Crippen LogP contribution in [0.15, 0.2) is 24.3 Å². The number of carboxylic acid groups (broad SMARTS) is 1. The molecule has 0 aliphatic carbocycles. The van der Waals surface area contributed by atoms with Crippen LogP contribution in [0.2, 0.25) is 0 Å². The van der Waals surface area contributed by atoms with Crippen molar-refractivity contribution in [3.05, 3.63) is 24.3 Å². The van der Waals surface area contributed by atoms with Crippen molar-refractivity contribution in [2.45, 2.75) is 43.4 Å². The molecule has 0 radical (unpaired) electrons. The number of phenols is 1. The third-order valence-electron chi connectivity index (χ3n) is 3.99. The van der Waals surface area contributed by atoms with Crippen molar-refractivity contribution in [1.29, 1.82) is 0 Å². The Balaban J connectivity index is 1.59. The van der Waals surface area contributed by atoms with Gasteiger partial charge in [-0.3, -0.25) is 0 Å². The van der Waals surface area contributed by atoms with E-state index in [1.54, 1.807) is 18.2 Å². The number of aliphatic carboxylic acids is 1. The Bertz CT molecular complexity index is 510. The SMILES string of the molecule is O=C(O)C(CNCCCCCC1CCSS1)Nc1ccccc1O. The predicted octanol–water partition coefficient (Wildman–Crippen LogP) is 3.56. The molecule has 2 unspecified atom stereocenters. The van der Waals surface area contributed by atoms with Gasteiger partial charge in [0.05, 0.1) is 5.69 Å². The molecular formula is C17H26N2O3S2. The lowest BCUT2D eigenvalue weighted by molar-refractivity contribution is -0.137. The van der Waals surface area contributed by atoms with Crippen LogP contribution >= 0.6 is 21.6 Å². The summed E-state index contributed by atoms with van der Waals surface area (Å²) in [6, 6.07) is 5.91. The number of aromatic hydroxyl groups is 1. The molecule has 0 saturated carbocycles. The zero-order valence-electron chi connectivity index (χ0n) is 13.7. The van der Waals surface area contributed by atoms with Crippen LogP contribution in [0.5, 0.6) is 5.75 Å². The standard InChI is InChI=1S/C17H26N2O3S2/c20-16-8-4-3-7-14(16)19-15(17(21)22)12-18-10-5-1-2-6-13-9-11-23-24-13/h3-4,7-8,13,15,18-20H,1-2,5-6,9-12H2,(H,21,22). The van der Waals surface area contributed by atoms with Crippen LogP contribution in [0.4, 0.5) is 5.69 Å². The number of carbonyl (C=O) groups is 1. The molecule has 2 rings (SSSR count). The number of nitrogens with one attached hydrogen (secondary N) is 2. The van der Waals surface area contributed by atoms with Crippen LogP contribution in [0, 0.1) is 0 Å². The van der Waals surface area contributed by atoms with Gasteiger partial charge < -0.3 is 20.8 Å². The summed E-state index contributed by atoms with van der Waals surface area (Å²) in [5.41, 5.74) is 0.443. The fraction of sp³-hybridized carbons (Fsp3) is 0.588. The number of unbranched alkanes of at least 4 members (excludes halogenated alkanes) is 2. The first-order valence-electron chi connectivity index (χ1n) is 8.43. The second kappa shape index (κ2) is 10.7. The van der Waals surface area contributed by atoms with E-state index in [4.69, 9.17) is 0 Å². The summed E-state index contributed by atoms with van der Waals surface area (Å²) in [4.78, 5) is 11.3. The van der Waals surface area contributed by atoms with E-state index < -0.39 is 12.0 Å². The van der Waals surface area contributed by atoms with E-state index in [-0.39, 0.29) is 5.75 Å². The third kappa shape index (κ3) is 6.83. The Hall–Kier alpha value is -1.05. The minimum atomic E-state index is -0.929. The molecular weight excluding hydrogens is 344 g/mol. The highest BCUT2D eigenvalue weighted by atomic mass is 33.1. The first-order chi connectivity index (χ1) is 11.7. The molecule has 1 fully saturated rings. The Labute approximate surface area is 151 Å². The maximum absolute atomic E-state index is 11.3. The number of hydrogen-bond acceptors (Lipinski definition) is 6. The van der Waals surface area contributed by atoms with Crippen LogP contribution in [-0.4, -0.2) is 46.3 Å². The summed E-state index contributed by atoms with van der Waals surface area (Å²) in [5, 5.41) is 25.9. The molecule has 0 bridgehead atoms. The summed E-state index contributed by atoms with van der Waals surface area (Å²) in [6.07, 6.45) is 6.13. The van der Waals surface area contributed by atoms with E-state index in [0.717, 1.165) is 18.2 Å². The molecule has 1 aliphatic heterocycles. The molecule has 134 valence electrons. The van der Waals surface area contributed by atoms with Gasteiger partial charge in [0, 0.05) is 17.5 Å². The lowest BCUT2D eigenvalue weighted by Gasteiger charge is -2.17. The van der Waals surface area contributed by atoms with Gasteiger partial charge in [0.15, 0.2) is 0 Å². The smallest absolute Gasteiger partial charge is 0.327 e. The van der Waals surface area contributed by atoms with Crippen LogP contribution in [0.25, 0.3) is 0 Å². The van der Waals surface area contributed by atoms with Crippen LogP contribution in [0.3, 0.4) is 0 Å². The van der Waals surface area contributed by atoms with E-state index in [9.17, 15) is 15.0 Å². The normalized spacial score (nSPS) is 18.4. The van der Waals surface area contributed by atoms with Gasteiger partial charge in [-0.05, 0) is 37.9 Å². The highest BCUT2D eigenvalue weighted by Crippen LogP contribution is 2.39. The topological polar surface area (TPSA) is 81.6 Å². The second-order valence-electron chi connectivity index (χ2n) is 5.93. The lowest BCUT2D eigenvalue weighted by atomic mass is 10.1. The predicted molar refractivity (Wildman–Crippen MR) is 103 cm³/mol. The Morgan fingerprint density at radius 1 is 1.29 bits per heavy atom. The lowest BCUT2D eigenvalue weighted by Crippen LogP contribution is -2.39. The molecule has 1 aliphatic rings. The molecule has 1 aromatic rings. The summed E-state index contributed by atoms with van der Waals surface area (Å²) < 4.78 is 0. The van der Waals surface area contributed by atoms with Crippen molar-refractivity contribution < 1.29 is 15.0 Å². The second-order valence-corrected chi connectivity index (χ2v) is 8.72. The molecule has 0 amide bonds. The van der Waals surface area contributed by atoms with Gasteiger partial charge in [-0.2, -0.15) is 0 Å². The zero-order chi connectivity index (χ0) is 17.2. The number of hydrogen-bond donors (Lipinski definition) is 4. The van der Waals surface area contributed by atoms with Crippen LogP contribution in [-0.2, 0) is 4.79 Å². The largest absolute Gasteiger partial charge is 0.506 e. The minimum Gasteiger partial charge on any atom is -0.506 e. The first kappa shape index (κ1) is 19.3. The molecule has 0 spiro atoms. The van der Waals surface area contributed by atoms with Crippen molar-refractivity contribution in [3.63, 3.8) is 0 Å². The van der Waals surface area contributed by atoms with Gasteiger partial charge in [0.2, 0.25) is 0 Å². The Morgan fingerprint density at radius 3 is 2.83 bits per heavy atom. The molecule has 0 aromatic heterocycles. The fourth-order valence-corrected chi connectivity index (χ4v) is 5.62. The van der Waals surface area contributed by atoms with Crippen molar-refractivity contribution in [2.75, 3.05) is 24.2 Å². The van der Waals surface area contributed by atoms with E-state index in [2.05, 4.69) is 10.6 Å². The number of phenolic OH excluding ortho intramolecular Hbond substituents is 1. The molecule has 1 heterocycles. The average molecular weight is 371 g/mol. The van der Waals surface area contributed by atoms with Gasteiger partial charge in [-0.15, -0.1) is 0 Å². The molecule has 1 aromatic carbocycles. The Kier molecular flexibility index (Phi) is 8.63. The number of rotatable bonds is 11. The molecule has 2 atom stereocenters. The summed E-state index contributed by atoms with van der Waals surface area (Å²) in [7, 11) is 4.01. The molecule has 1 saturated heterocycles. The fourth-order valence-electron chi connectivity index (χ4n) is 2.59. The van der Waals surface area contributed by atoms with Crippen molar-refractivity contribution in [1.82, 2.24) is 5.32 Å². The maximum Gasteiger partial charge on any atom is 0.327 e. The molecule has 7 heteroatoms. The van der Waals surface area contributed by atoms with E-state index in [0.29, 0.717) is 12.2 Å². The highest BCUT2D eigenvalue weighted by molar-refractivity contribution is 8.77. The van der Waals surface area contributed by atoms with E-state index in [1.165, 1.54) is 37.5 Å².